The van der Waals surface area contributed by atoms with Crippen molar-refractivity contribution < 1.29 is 23.8 Å². The van der Waals surface area contributed by atoms with E-state index in [0.717, 1.165) is 27.9 Å². The molecule has 0 bridgehead atoms. The Morgan fingerprint density at radius 3 is 2.60 bits per heavy atom. The van der Waals surface area contributed by atoms with Crippen LogP contribution in [0.1, 0.15) is 43.4 Å². The van der Waals surface area contributed by atoms with Crippen molar-refractivity contribution in [2.24, 2.45) is 0 Å². The first-order chi connectivity index (χ1) is 21.8. The summed E-state index contributed by atoms with van der Waals surface area (Å²) in [6.07, 6.45) is 5.34. The molecule has 1 aliphatic rings. The van der Waals surface area contributed by atoms with E-state index in [1.54, 1.807) is 45.9 Å². The van der Waals surface area contributed by atoms with E-state index in [1.807, 2.05) is 29.6 Å². The summed E-state index contributed by atoms with van der Waals surface area (Å²) in [5.41, 5.74) is 4.94. The number of nitrogens with zero attached hydrogens (tertiary/aromatic N) is 2. The average Bonchev–Trinajstić information content (AvgIpc) is 3.38. The Hall–Kier alpha value is -4.97. The number of methoxy groups -OCH3 is 3. The summed E-state index contributed by atoms with van der Waals surface area (Å²) in [7, 11) is 4.68. The van der Waals surface area contributed by atoms with E-state index in [2.05, 4.69) is 25.9 Å². The minimum absolute atomic E-state index is 0.164. The van der Waals surface area contributed by atoms with Crippen LogP contribution in [0.3, 0.4) is 0 Å². The normalized spacial score (nSPS) is 13.5. The van der Waals surface area contributed by atoms with Gasteiger partial charge in [-0.1, -0.05) is 6.07 Å². The van der Waals surface area contributed by atoms with Gasteiger partial charge in [-0.25, -0.2) is 4.98 Å². The predicted octanol–water partition coefficient (Wildman–Crippen LogP) is 5.21. The van der Waals surface area contributed by atoms with Crippen LogP contribution in [0.5, 0.6) is 17.2 Å². The topological polar surface area (TPSA) is 141 Å². The van der Waals surface area contributed by atoms with Crippen LogP contribution < -0.4 is 35.6 Å². The van der Waals surface area contributed by atoms with Crippen LogP contribution in [0.15, 0.2) is 59.0 Å². The van der Waals surface area contributed by atoms with Crippen LogP contribution in [-0.2, 0) is 16.0 Å². The lowest BCUT2D eigenvalue weighted by Gasteiger charge is -2.19. The quantitative estimate of drug-likeness (QED) is 0.191. The molecular formula is C33H35N5O6S. The van der Waals surface area contributed by atoms with Crippen molar-refractivity contribution in [3.8, 4) is 39.6 Å². The van der Waals surface area contributed by atoms with Gasteiger partial charge in [0.1, 0.15) is 0 Å². The first-order valence-corrected chi connectivity index (χ1v) is 15.4. The molecule has 0 saturated carbocycles. The number of carbonyl (C=O) groups is 2. The van der Waals surface area contributed by atoms with Crippen molar-refractivity contribution in [1.82, 2.24) is 15.3 Å². The molecule has 2 aromatic carbocycles. The number of anilines is 2. The fourth-order valence-electron chi connectivity index (χ4n) is 5.49. The molecule has 12 heteroatoms. The number of rotatable bonds is 11. The van der Waals surface area contributed by atoms with Crippen molar-refractivity contribution in [2.45, 2.75) is 38.6 Å². The number of thiazole rings is 1. The Bertz CT molecular complexity index is 1760. The number of amides is 2. The van der Waals surface area contributed by atoms with Gasteiger partial charge in [0.15, 0.2) is 16.6 Å². The second kappa shape index (κ2) is 14.2. The van der Waals surface area contributed by atoms with Gasteiger partial charge in [-0.2, -0.15) is 0 Å². The molecule has 2 heterocycles. The highest BCUT2D eigenvalue weighted by molar-refractivity contribution is 7.14. The van der Waals surface area contributed by atoms with Crippen LogP contribution in [0.2, 0.25) is 0 Å². The lowest BCUT2D eigenvalue weighted by molar-refractivity contribution is -0.119. The summed E-state index contributed by atoms with van der Waals surface area (Å²) < 4.78 is 17.1. The number of fused-ring (bicyclic) bond motifs is 3. The number of benzene rings is 1. The second-order valence-electron chi connectivity index (χ2n) is 10.5. The number of hydrogen-bond donors (Lipinski definition) is 3. The summed E-state index contributed by atoms with van der Waals surface area (Å²) >= 11 is 1.35. The molecule has 11 nitrogen and oxygen atoms in total. The number of ether oxygens (including phenoxy) is 3. The van der Waals surface area contributed by atoms with Gasteiger partial charge in [-0.15, -0.1) is 11.3 Å². The van der Waals surface area contributed by atoms with Gasteiger partial charge >= 0.3 is 0 Å². The third-order valence-electron chi connectivity index (χ3n) is 7.52. The zero-order chi connectivity index (χ0) is 31.9. The van der Waals surface area contributed by atoms with Gasteiger partial charge in [0.05, 0.1) is 38.8 Å². The van der Waals surface area contributed by atoms with E-state index in [1.165, 1.54) is 18.3 Å². The number of carbonyl (C=O) groups excluding carboxylic acids is 2. The second-order valence-corrected chi connectivity index (χ2v) is 11.3. The zero-order valence-electron chi connectivity index (χ0n) is 25.6. The molecule has 0 radical (unpaired) electrons. The van der Waals surface area contributed by atoms with Crippen LogP contribution in [0, 0.1) is 0 Å². The van der Waals surface area contributed by atoms with E-state index in [4.69, 9.17) is 14.2 Å². The van der Waals surface area contributed by atoms with Crippen molar-refractivity contribution in [2.75, 3.05) is 38.5 Å². The van der Waals surface area contributed by atoms with Gasteiger partial charge in [0.2, 0.25) is 23.0 Å². The molecule has 3 N–H and O–H groups in total. The van der Waals surface area contributed by atoms with Gasteiger partial charge in [-0.3, -0.25) is 19.4 Å². The molecule has 2 aromatic heterocycles. The first kappa shape index (κ1) is 31.5. The Labute approximate surface area is 265 Å². The van der Waals surface area contributed by atoms with Crippen LogP contribution in [-0.4, -0.2) is 49.7 Å². The summed E-state index contributed by atoms with van der Waals surface area (Å²) in [5, 5.41) is 11.4. The highest BCUT2D eigenvalue weighted by Crippen LogP contribution is 2.50. The lowest BCUT2D eigenvalue weighted by atomic mass is 9.95. The Morgan fingerprint density at radius 2 is 1.89 bits per heavy atom. The maximum absolute atomic E-state index is 13.5. The van der Waals surface area contributed by atoms with Crippen molar-refractivity contribution >= 4 is 34.0 Å². The van der Waals surface area contributed by atoms with Gasteiger partial charge in [0.25, 0.3) is 0 Å². The first-order valence-electron chi connectivity index (χ1n) is 14.5. The zero-order valence-corrected chi connectivity index (χ0v) is 26.4. The highest BCUT2D eigenvalue weighted by atomic mass is 32.1. The third kappa shape index (κ3) is 7.07. The number of pyridine rings is 1. The molecule has 1 atom stereocenters. The molecule has 0 aliphatic heterocycles. The average molecular weight is 630 g/mol. The minimum Gasteiger partial charge on any atom is -0.493 e. The van der Waals surface area contributed by atoms with Crippen LogP contribution in [0.25, 0.3) is 22.4 Å². The van der Waals surface area contributed by atoms with Crippen LogP contribution >= 0.6 is 11.3 Å². The van der Waals surface area contributed by atoms with Crippen molar-refractivity contribution in [3.05, 3.63) is 75.5 Å². The Morgan fingerprint density at radius 1 is 1.07 bits per heavy atom. The molecular weight excluding hydrogens is 594 g/mol. The van der Waals surface area contributed by atoms with Gasteiger partial charge in [0, 0.05) is 48.8 Å². The Balaban J connectivity index is 1.34. The maximum atomic E-state index is 13.5. The smallest absolute Gasteiger partial charge is 0.226 e. The van der Waals surface area contributed by atoms with E-state index < -0.39 is 6.04 Å². The third-order valence-corrected chi connectivity index (χ3v) is 8.28. The largest absolute Gasteiger partial charge is 0.493 e. The van der Waals surface area contributed by atoms with E-state index in [9.17, 15) is 14.4 Å². The molecule has 2 amide bonds. The van der Waals surface area contributed by atoms with Gasteiger partial charge < -0.3 is 30.2 Å². The van der Waals surface area contributed by atoms with E-state index in [-0.39, 0.29) is 23.7 Å². The number of nitrogens with one attached hydrogen (secondary N) is 3. The van der Waals surface area contributed by atoms with Gasteiger partial charge in [-0.05, 0) is 66.3 Å². The predicted molar refractivity (Wildman–Crippen MR) is 174 cm³/mol. The van der Waals surface area contributed by atoms with Crippen molar-refractivity contribution in [3.63, 3.8) is 0 Å². The summed E-state index contributed by atoms with van der Waals surface area (Å²) in [5.74, 6) is 1.11. The summed E-state index contributed by atoms with van der Waals surface area (Å²) in [4.78, 5) is 46.8. The maximum Gasteiger partial charge on any atom is 0.226 e. The molecule has 0 fully saturated rings. The van der Waals surface area contributed by atoms with Crippen molar-refractivity contribution in [1.29, 1.82) is 0 Å². The van der Waals surface area contributed by atoms with E-state index in [0.29, 0.717) is 59.4 Å². The fraction of sp³-hybridized carbons (Fsp3) is 0.303. The lowest BCUT2D eigenvalue weighted by Crippen LogP contribution is -2.26. The molecule has 234 valence electrons. The molecule has 0 spiro atoms. The summed E-state index contributed by atoms with van der Waals surface area (Å²) in [6.45, 7) is 1.86. The number of aryl methyl sites for hydroxylation is 1. The fourth-order valence-corrected chi connectivity index (χ4v) is 6.22. The molecule has 1 aliphatic carbocycles. The summed E-state index contributed by atoms with van der Waals surface area (Å²) in [6, 6.07) is 10.4. The molecule has 5 rings (SSSR count). The standard InChI is InChI=1S/C33H35N5O6S/c1-19(39)36-24-11-9-20-15-28(42-2)31(43-3)32(44-4)30(20)22-10-12-25(27(40)16-23(22)24)35-14-6-8-29(41)38-33-37-26(18-45-33)21-7-5-13-34-17-21/h5,7,10,12-13,15-18,24H,6,8-9,11,14H2,1-4H3,(H,35,40)(H,36,39)(H,37,38,41)/t24-/m0/s1. The number of hydrogen-bond acceptors (Lipinski definition) is 10. The SMILES string of the molecule is COc1cc2c(c(OC)c1OC)-c1ccc(NCCCC(=O)Nc3nc(-c4cccnc4)cs3)c(=O)cc1[C@@H](NC(C)=O)CC2. The number of aromatic nitrogens is 2. The molecule has 4 aromatic rings. The molecule has 45 heavy (non-hydrogen) atoms. The molecule has 0 saturated heterocycles. The minimum atomic E-state index is -0.396. The monoisotopic (exact) mass is 629 g/mol. The van der Waals surface area contributed by atoms with Crippen LogP contribution in [0.4, 0.5) is 10.8 Å². The molecule has 0 unspecified atom stereocenters. The van der Waals surface area contributed by atoms with E-state index >= 15 is 0 Å². The Kier molecular flexibility index (Phi) is 9.93. The highest BCUT2D eigenvalue weighted by Gasteiger charge is 2.29.